The Morgan fingerprint density at radius 3 is 2.20 bits per heavy atom. The molecule has 0 aromatic rings. The van der Waals surface area contributed by atoms with Crippen LogP contribution in [0.2, 0.25) is 0 Å². The van der Waals surface area contributed by atoms with Gasteiger partial charge in [0.25, 0.3) is 0 Å². The van der Waals surface area contributed by atoms with Gasteiger partial charge < -0.3 is 10.1 Å². The van der Waals surface area contributed by atoms with Crippen molar-refractivity contribution in [1.82, 2.24) is 10.2 Å². The van der Waals surface area contributed by atoms with E-state index >= 15 is 0 Å². The van der Waals surface area contributed by atoms with Crippen LogP contribution in [-0.4, -0.2) is 49.8 Å². The van der Waals surface area contributed by atoms with Crippen molar-refractivity contribution in [2.45, 2.75) is 70.9 Å². The molecule has 0 bridgehead atoms. The van der Waals surface area contributed by atoms with E-state index < -0.39 is 0 Å². The predicted octanol–water partition coefficient (Wildman–Crippen LogP) is 3.05. The summed E-state index contributed by atoms with van der Waals surface area (Å²) in [5, 5.41) is 3.64. The van der Waals surface area contributed by atoms with Crippen molar-refractivity contribution in [3.63, 3.8) is 0 Å². The Labute approximate surface area is 125 Å². The summed E-state index contributed by atoms with van der Waals surface area (Å²) in [6.07, 6.45) is 8.71. The van der Waals surface area contributed by atoms with Crippen molar-refractivity contribution in [2.24, 2.45) is 5.41 Å². The second-order valence-electron chi connectivity index (χ2n) is 7.98. The van der Waals surface area contributed by atoms with Crippen molar-refractivity contribution < 1.29 is 4.74 Å². The highest BCUT2D eigenvalue weighted by atomic mass is 16.5. The first kappa shape index (κ1) is 16.3. The monoisotopic (exact) mass is 282 g/mol. The summed E-state index contributed by atoms with van der Waals surface area (Å²) in [5.41, 5.74) is 0.903. The van der Waals surface area contributed by atoms with E-state index in [9.17, 15) is 0 Å². The summed E-state index contributed by atoms with van der Waals surface area (Å²) >= 11 is 0. The minimum atomic E-state index is 0.189. The number of hydrogen-bond donors (Lipinski definition) is 1. The first-order chi connectivity index (χ1) is 9.44. The van der Waals surface area contributed by atoms with E-state index in [0.29, 0.717) is 11.5 Å². The van der Waals surface area contributed by atoms with Gasteiger partial charge in [0.15, 0.2) is 0 Å². The maximum Gasteiger partial charge on any atom is 0.0630 e. The van der Waals surface area contributed by atoms with Crippen molar-refractivity contribution >= 4 is 0 Å². The molecule has 3 heteroatoms. The standard InChI is InChI=1S/C17H34N2O/c1-16(2,3)18-13-15(14-20-4)19-11-9-17(10-12-19)7-5-6-8-17/h15,18H,5-14H2,1-4H3. The average Bonchev–Trinajstić information content (AvgIpc) is 2.83. The lowest BCUT2D eigenvalue weighted by Crippen LogP contribution is -2.52. The molecule has 1 spiro atoms. The molecule has 20 heavy (non-hydrogen) atoms. The van der Waals surface area contributed by atoms with E-state index in [0.717, 1.165) is 13.2 Å². The lowest BCUT2D eigenvalue weighted by Gasteiger charge is -2.43. The molecule has 2 fully saturated rings. The SMILES string of the molecule is COCC(CNC(C)(C)C)N1CCC2(CCCC2)CC1. The molecule has 118 valence electrons. The van der Waals surface area contributed by atoms with Gasteiger partial charge in [-0.15, -0.1) is 0 Å². The smallest absolute Gasteiger partial charge is 0.0630 e. The molecule has 2 rings (SSSR count). The van der Waals surface area contributed by atoms with Crippen LogP contribution in [0.25, 0.3) is 0 Å². The highest BCUT2D eigenvalue weighted by molar-refractivity contribution is 4.92. The quantitative estimate of drug-likeness (QED) is 0.839. The normalized spacial score (nSPS) is 25.2. The molecule has 1 atom stereocenters. The van der Waals surface area contributed by atoms with Gasteiger partial charge in [-0.2, -0.15) is 0 Å². The molecule has 0 amide bonds. The van der Waals surface area contributed by atoms with E-state index in [1.54, 1.807) is 0 Å². The molecule has 1 aliphatic heterocycles. The van der Waals surface area contributed by atoms with Crippen LogP contribution in [-0.2, 0) is 4.74 Å². The van der Waals surface area contributed by atoms with Gasteiger partial charge in [-0.25, -0.2) is 0 Å². The lowest BCUT2D eigenvalue weighted by atomic mass is 9.77. The van der Waals surface area contributed by atoms with Crippen LogP contribution < -0.4 is 5.32 Å². The zero-order valence-electron chi connectivity index (χ0n) is 14.0. The van der Waals surface area contributed by atoms with Gasteiger partial charge in [0.1, 0.15) is 0 Å². The Balaban J connectivity index is 1.84. The number of nitrogens with zero attached hydrogens (tertiary/aromatic N) is 1. The number of methoxy groups -OCH3 is 1. The number of piperidine rings is 1. The third kappa shape index (κ3) is 4.44. The molecule has 3 nitrogen and oxygen atoms in total. The Kier molecular flexibility index (Phi) is 5.49. The average molecular weight is 282 g/mol. The Morgan fingerprint density at radius 1 is 1.10 bits per heavy atom. The van der Waals surface area contributed by atoms with E-state index in [1.165, 1.54) is 51.6 Å². The van der Waals surface area contributed by atoms with Gasteiger partial charge in [0.05, 0.1) is 6.61 Å². The van der Waals surface area contributed by atoms with Crippen molar-refractivity contribution in [3.05, 3.63) is 0 Å². The topological polar surface area (TPSA) is 24.5 Å². The zero-order chi connectivity index (χ0) is 14.6. The van der Waals surface area contributed by atoms with Gasteiger partial charge in [0, 0.05) is 25.2 Å². The molecular formula is C17H34N2O. The van der Waals surface area contributed by atoms with Gasteiger partial charge in [-0.1, -0.05) is 12.8 Å². The number of likely N-dealkylation sites (tertiary alicyclic amines) is 1. The van der Waals surface area contributed by atoms with Crippen LogP contribution in [0, 0.1) is 5.41 Å². The molecule has 1 saturated carbocycles. The minimum Gasteiger partial charge on any atom is -0.383 e. The zero-order valence-corrected chi connectivity index (χ0v) is 14.0. The summed E-state index contributed by atoms with van der Waals surface area (Å²) in [6, 6.07) is 0.526. The highest BCUT2D eigenvalue weighted by Crippen LogP contribution is 2.46. The molecule has 0 radical (unpaired) electrons. The summed E-state index contributed by atoms with van der Waals surface area (Å²) in [6.45, 7) is 11.1. The maximum absolute atomic E-state index is 5.46. The van der Waals surface area contributed by atoms with Crippen LogP contribution in [0.4, 0.5) is 0 Å². The predicted molar refractivity (Wildman–Crippen MR) is 85.1 cm³/mol. The Morgan fingerprint density at radius 2 is 1.70 bits per heavy atom. The van der Waals surface area contributed by atoms with Gasteiger partial charge in [-0.05, 0) is 65.0 Å². The summed E-state index contributed by atoms with van der Waals surface area (Å²) in [7, 11) is 1.83. The van der Waals surface area contributed by atoms with Gasteiger partial charge in [0.2, 0.25) is 0 Å². The van der Waals surface area contributed by atoms with E-state index in [2.05, 4.69) is 31.0 Å². The van der Waals surface area contributed by atoms with Gasteiger partial charge >= 0.3 is 0 Å². The van der Waals surface area contributed by atoms with Crippen LogP contribution >= 0.6 is 0 Å². The first-order valence-electron chi connectivity index (χ1n) is 8.42. The van der Waals surface area contributed by atoms with E-state index in [-0.39, 0.29) is 5.54 Å². The first-order valence-corrected chi connectivity index (χ1v) is 8.42. The molecule has 1 saturated heterocycles. The second kappa shape index (κ2) is 6.76. The van der Waals surface area contributed by atoms with Crippen LogP contribution in [0.15, 0.2) is 0 Å². The fourth-order valence-corrected chi connectivity index (χ4v) is 3.90. The molecule has 1 heterocycles. The van der Waals surface area contributed by atoms with Crippen molar-refractivity contribution in [3.8, 4) is 0 Å². The molecule has 1 N–H and O–H groups in total. The molecule has 0 aromatic heterocycles. The number of rotatable bonds is 5. The maximum atomic E-state index is 5.46. The number of ether oxygens (including phenoxy) is 1. The van der Waals surface area contributed by atoms with Crippen LogP contribution in [0.3, 0.4) is 0 Å². The molecule has 2 aliphatic rings. The molecule has 0 aromatic carbocycles. The fraction of sp³-hybridized carbons (Fsp3) is 1.00. The third-order valence-electron chi connectivity index (χ3n) is 5.27. The second-order valence-corrected chi connectivity index (χ2v) is 7.98. The lowest BCUT2D eigenvalue weighted by molar-refractivity contribution is 0.0352. The van der Waals surface area contributed by atoms with Crippen molar-refractivity contribution in [2.75, 3.05) is 33.4 Å². The minimum absolute atomic E-state index is 0.189. The summed E-state index contributed by atoms with van der Waals surface area (Å²) in [5.74, 6) is 0. The largest absolute Gasteiger partial charge is 0.383 e. The molecule has 1 unspecified atom stereocenters. The van der Waals surface area contributed by atoms with Crippen LogP contribution in [0.5, 0.6) is 0 Å². The van der Waals surface area contributed by atoms with Crippen LogP contribution in [0.1, 0.15) is 59.3 Å². The van der Waals surface area contributed by atoms with E-state index in [1.807, 2.05) is 7.11 Å². The van der Waals surface area contributed by atoms with Gasteiger partial charge in [-0.3, -0.25) is 4.90 Å². The number of nitrogens with one attached hydrogen (secondary N) is 1. The molecule has 1 aliphatic carbocycles. The fourth-order valence-electron chi connectivity index (χ4n) is 3.90. The summed E-state index contributed by atoms with van der Waals surface area (Å²) in [4.78, 5) is 2.66. The highest BCUT2D eigenvalue weighted by Gasteiger charge is 2.38. The van der Waals surface area contributed by atoms with E-state index in [4.69, 9.17) is 4.74 Å². The molecular weight excluding hydrogens is 248 g/mol. The van der Waals surface area contributed by atoms with Crippen molar-refractivity contribution in [1.29, 1.82) is 0 Å². The Hall–Kier alpha value is -0.120. The third-order valence-corrected chi connectivity index (χ3v) is 5.27. The summed E-state index contributed by atoms with van der Waals surface area (Å²) < 4.78 is 5.46. The Bertz CT molecular complexity index is 282. The number of hydrogen-bond acceptors (Lipinski definition) is 3.